The van der Waals surface area contributed by atoms with Crippen molar-refractivity contribution in [3.05, 3.63) is 28.6 Å². The third-order valence-electron chi connectivity index (χ3n) is 2.88. The summed E-state index contributed by atoms with van der Waals surface area (Å²) in [7, 11) is 1.31. The number of carbonyl (C=O) groups is 2. The number of carboxylic acids is 1. The van der Waals surface area contributed by atoms with Crippen molar-refractivity contribution in [1.82, 2.24) is 10.2 Å². The first kappa shape index (κ1) is 13.1. The molecule has 0 aromatic carbocycles. The van der Waals surface area contributed by atoms with Crippen LogP contribution in [0.25, 0.3) is 0 Å². The predicted molar refractivity (Wildman–Crippen MR) is 62.3 cm³/mol. The largest absolute Gasteiger partial charge is 0.615 e. The van der Waals surface area contributed by atoms with Crippen LogP contribution in [0, 0.1) is 5.21 Å². The molecule has 102 valence electrons. The minimum absolute atomic E-state index is 0.0403. The fourth-order valence-corrected chi connectivity index (χ4v) is 1.86. The summed E-state index contributed by atoms with van der Waals surface area (Å²) >= 11 is 0. The van der Waals surface area contributed by atoms with E-state index in [1.54, 1.807) is 0 Å². The van der Waals surface area contributed by atoms with Crippen LogP contribution in [-0.2, 0) is 11.3 Å². The van der Waals surface area contributed by atoms with Crippen LogP contribution < -0.4 is 14.8 Å². The Balaban J connectivity index is 2.20. The van der Waals surface area contributed by atoms with Crippen molar-refractivity contribution in [1.29, 1.82) is 0 Å². The minimum atomic E-state index is -1.31. The van der Waals surface area contributed by atoms with Gasteiger partial charge in [0, 0.05) is 19.2 Å². The van der Waals surface area contributed by atoms with Gasteiger partial charge in [0.15, 0.2) is 0 Å². The first-order valence-electron chi connectivity index (χ1n) is 5.55. The van der Waals surface area contributed by atoms with Crippen LogP contribution in [-0.4, -0.2) is 42.2 Å². The van der Waals surface area contributed by atoms with Crippen LogP contribution in [0.3, 0.4) is 0 Å². The molecule has 2 unspecified atom stereocenters. The summed E-state index contributed by atoms with van der Waals surface area (Å²) in [6.07, 6.45) is 0.574. The Morgan fingerprint density at radius 2 is 2.47 bits per heavy atom. The maximum atomic E-state index is 11.8. The summed E-state index contributed by atoms with van der Waals surface area (Å²) < 4.78 is 5.21. The molecule has 2 N–H and O–H groups in total. The number of carbonyl (C=O) groups excluding carboxylic acids is 1. The van der Waals surface area contributed by atoms with Gasteiger partial charge in [-0.15, -0.1) is 4.73 Å². The molecule has 1 saturated heterocycles. The number of amides is 1. The van der Waals surface area contributed by atoms with Crippen molar-refractivity contribution in [2.45, 2.75) is 12.7 Å². The van der Waals surface area contributed by atoms with Gasteiger partial charge in [0.05, 0.1) is 18.8 Å². The first-order valence-corrected chi connectivity index (χ1v) is 5.55. The number of pyridine rings is 1. The molecule has 19 heavy (non-hydrogen) atoms. The summed E-state index contributed by atoms with van der Waals surface area (Å²) in [6.45, 7) is 1.08. The number of carboxylic acid groups (broad SMARTS) is 1. The summed E-state index contributed by atoms with van der Waals surface area (Å²) in [5, 5.41) is 23.2. The smallest absolute Gasteiger partial charge is 0.402 e. The standard InChI is InChI=1S/C11H13N3O5/c1-19-10-7(4-13-5-9(13)12-6-15)2-3-8(11(16)17)14(10)18/h2-3,6,9H,4-5H2,1H3,(H,12,15)(H,16,17). The average molecular weight is 267 g/mol. The number of hydrogen-bond acceptors (Lipinski definition) is 5. The molecule has 2 rings (SSSR count). The van der Waals surface area contributed by atoms with E-state index < -0.39 is 11.7 Å². The molecule has 1 aliphatic heterocycles. The zero-order chi connectivity index (χ0) is 14.0. The van der Waals surface area contributed by atoms with Crippen LogP contribution >= 0.6 is 0 Å². The summed E-state index contributed by atoms with van der Waals surface area (Å²) in [5.41, 5.74) is 0.173. The Kier molecular flexibility index (Phi) is 3.52. The lowest BCUT2D eigenvalue weighted by Gasteiger charge is -2.10. The fraction of sp³-hybridized carbons (Fsp3) is 0.364. The lowest BCUT2D eigenvalue weighted by atomic mass is 10.2. The van der Waals surface area contributed by atoms with Gasteiger partial charge in [-0.1, -0.05) is 0 Å². The highest BCUT2D eigenvalue weighted by molar-refractivity contribution is 5.83. The molecule has 0 radical (unpaired) electrons. The van der Waals surface area contributed by atoms with Gasteiger partial charge in [-0.05, 0) is 6.07 Å². The summed E-state index contributed by atoms with van der Waals surface area (Å²) in [5.74, 6) is -1.36. The molecule has 0 spiro atoms. The first-order chi connectivity index (χ1) is 9.08. The Morgan fingerprint density at radius 1 is 1.74 bits per heavy atom. The van der Waals surface area contributed by atoms with E-state index in [4.69, 9.17) is 9.84 Å². The molecule has 2 heterocycles. The predicted octanol–water partition coefficient (Wildman–Crippen LogP) is -1.09. The Bertz CT molecular complexity index is 519. The number of nitrogens with zero attached hydrogens (tertiary/aromatic N) is 2. The van der Waals surface area contributed by atoms with E-state index in [9.17, 15) is 14.8 Å². The maximum Gasteiger partial charge on any atom is 0.402 e. The van der Waals surface area contributed by atoms with Gasteiger partial charge in [-0.25, -0.2) is 4.79 Å². The lowest BCUT2D eigenvalue weighted by molar-refractivity contribution is -0.615. The second-order valence-corrected chi connectivity index (χ2v) is 4.08. The van der Waals surface area contributed by atoms with Crippen LogP contribution in [0.5, 0.6) is 5.88 Å². The van der Waals surface area contributed by atoms with Crippen molar-refractivity contribution < 1.29 is 24.2 Å². The van der Waals surface area contributed by atoms with E-state index in [1.165, 1.54) is 19.2 Å². The molecule has 1 amide bonds. The van der Waals surface area contributed by atoms with E-state index in [1.807, 2.05) is 4.90 Å². The fourth-order valence-electron chi connectivity index (χ4n) is 1.86. The van der Waals surface area contributed by atoms with E-state index >= 15 is 0 Å². The topological polar surface area (TPSA) is 106 Å². The molecule has 8 heteroatoms. The normalized spacial score (nSPS) is 20.7. The highest BCUT2D eigenvalue weighted by atomic mass is 16.5. The second kappa shape index (κ2) is 5.11. The van der Waals surface area contributed by atoms with E-state index in [-0.39, 0.29) is 16.8 Å². The molecule has 1 aromatic heterocycles. The van der Waals surface area contributed by atoms with Gasteiger partial charge >= 0.3 is 17.5 Å². The van der Waals surface area contributed by atoms with Crippen LogP contribution in [0.15, 0.2) is 12.1 Å². The monoisotopic (exact) mass is 267 g/mol. The van der Waals surface area contributed by atoms with Crippen molar-refractivity contribution in [3.63, 3.8) is 0 Å². The zero-order valence-electron chi connectivity index (χ0n) is 10.2. The number of aromatic nitrogens is 1. The third-order valence-corrected chi connectivity index (χ3v) is 2.88. The van der Waals surface area contributed by atoms with Gasteiger partial charge in [-0.2, -0.15) is 0 Å². The van der Waals surface area contributed by atoms with E-state index in [2.05, 4.69) is 5.32 Å². The number of ether oxygens (including phenoxy) is 1. The lowest BCUT2D eigenvalue weighted by Crippen LogP contribution is -2.37. The Hall–Kier alpha value is -2.35. The van der Waals surface area contributed by atoms with Crippen molar-refractivity contribution >= 4 is 12.4 Å². The SMILES string of the molecule is COc1c(CN2CC2NC=O)ccc(C(=O)O)[n+]1[O-]. The van der Waals surface area contributed by atoms with Crippen LogP contribution in [0.2, 0.25) is 0 Å². The molecule has 2 atom stereocenters. The van der Waals surface area contributed by atoms with Crippen molar-refractivity contribution in [3.8, 4) is 5.88 Å². The molecule has 0 aliphatic carbocycles. The molecular formula is C11H13N3O5. The molecule has 0 bridgehead atoms. The van der Waals surface area contributed by atoms with Crippen molar-refractivity contribution in [2.75, 3.05) is 13.7 Å². The molecule has 1 aliphatic rings. The molecular weight excluding hydrogens is 254 g/mol. The number of rotatable bonds is 6. The zero-order valence-corrected chi connectivity index (χ0v) is 10.2. The van der Waals surface area contributed by atoms with Gasteiger partial charge in [-0.3, -0.25) is 9.69 Å². The molecule has 1 fully saturated rings. The van der Waals surface area contributed by atoms with Gasteiger partial charge < -0.3 is 20.4 Å². The quantitative estimate of drug-likeness (QED) is 0.294. The maximum absolute atomic E-state index is 11.8. The van der Waals surface area contributed by atoms with Gasteiger partial charge in [0.1, 0.15) is 0 Å². The number of hydrogen-bond donors (Lipinski definition) is 2. The minimum Gasteiger partial charge on any atom is -0.615 e. The Labute approximate surface area is 108 Å². The number of aromatic carboxylic acids is 1. The van der Waals surface area contributed by atoms with E-state index in [0.717, 1.165) is 0 Å². The van der Waals surface area contributed by atoms with Gasteiger partial charge in [0.25, 0.3) is 0 Å². The van der Waals surface area contributed by atoms with E-state index in [0.29, 0.717) is 25.1 Å². The highest BCUT2D eigenvalue weighted by Crippen LogP contribution is 2.23. The summed E-state index contributed by atoms with van der Waals surface area (Å²) in [6, 6.07) is 2.77. The Morgan fingerprint density at radius 3 is 3.05 bits per heavy atom. The van der Waals surface area contributed by atoms with Gasteiger partial charge in [0.2, 0.25) is 6.41 Å². The van der Waals surface area contributed by atoms with Crippen LogP contribution in [0.4, 0.5) is 0 Å². The molecule has 8 nitrogen and oxygen atoms in total. The molecule has 1 aromatic rings. The average Bonchev–Trinajstić information content (AvgIpc) is 3.08. The number of methoxy groups -OCH3 is 1. The molecule has 0 saturated carbocycles. The van der Waals surface area contributed by atoms with Crippen molar-refractivity contribution in [2.24, 2.45) is 0 Å². The second-order valence-electron chi connectivity index (χ2n) is 4.08. The van der Waals surface area contributed by atoms with Crippen LogP contribution in [0.1, 0.15) is 16.1 Å². The number of nitrogens with one attached hydrogen (secondary N) is 1. The highest BCUT2D eigenvalue weighted by Gasteiger charge is 2.35. The third kappa shape index (κ3) is 2.58. The summed E-state index contributed by atoms with van der Waals surface area (Å²) in [4.78, 5) is 23.0.